The molecule has 0 spiro atoms. The first-order chi connectivity index (χ1) is 9.95. The number of benzene rings is 2. The molecule has 21 heavy (non-hydrogen) atoms. The van der Waals surface area contributed by atoms with Gasteiger partial charge in [0.2, 0.25) is 0 Å². The van der Waals surface area contributed by atoms with E-state index >= 15 is 0 Å². The Hall–Kier alpha value is -1.82. The maximum Gasteiger partial charge on any atom is 0.269 e. The number of aliphatic hydroxyl groups is 1. The van der Waals surface area contributed by atoms with Gasteiger partial charge in [0, 0.05) is 34.4 Å². The minimum atomic E-state index is -0.795. The van der Waals surface area contributed by atoms with E-state index in [0.717, 1.165) is 0 Å². The highest BCUT2D eigenvalue weighted by molar-refractivity contribution is 6.34. The molecule has 0 heterocycles. The van der Waals surface area contributed by atoms with Gasteiger partial charge in [-0.2, -0.15) is 0 Å². The molecule has 1 atom stereocenters. The smallest absolute Gasteiger partial charge is 0.269 e. The van der Waals surface area contributed by atoms with E-state index in [1.807, 2.05) is 0 Å². The SMILES string of the molecule is O=[N+]([O-])c1ccc(NCC(O)c2cc(Cl)cc(Cl)c2)cc1. The number of rotatable bonds is 5. The topological polar surface area (TPSA) is 75.4 Å². The van der Waals surface area contributed by atoms with Crippen molar-refractivity contribution >= 4 is 34.6 Å². The molecule has 2 N–H and O–H groups in total. The summed E-state index contributed by atoms with van der Waals surface area (Å²) in [6.45, 7) is 0.231. The van der Waals surface area contributed by atoms with Gasteiger partial charge in [-0.1, -0.05) is 23.2 Å². The lowest BCUT2D eigenvalue weighted by Gasteiger charge is -2.14. The average molecular weight is 327 g/mol. The highest BCUT2D eigenvalue weighted by Crippen LogP contribution is 2.24. The summed E-state index contributed by atoms with van der Waals surface area (Å²) >= 11 is 11.8. The Kier molecular flexibility index (Phi) is 5.01. The summed E-state index contributed by atoms with van der Waals surface area (Å²) in [5, 5.41) is 24.5. The van der Waals surface area contributed by atoms with Crippen molar-refractivity contribution in [2.45, 2.75) is 6.10 Å². The van der Waals surface area contributed by atoms with Crippen LogP contribution < -0.4 is 5.32 Å². The van der Waals surface area contributed by atoms with Crippen LogP contribution in [0.15, 0.2) is 42.5 Å². The van der Waals surface area contributed by atoms with Crippen LogP contribution in [0.25, 0.3) is 0 Å². The Bertz CT molecular complexity index is 627. The largest absolute Gasteiger partial charge is 0.387 e. The van der Waals surface area contributed by atoms with Crippen LogP contribution in [0.1, 0.15) is 11.7 Å². The van der Waals surface area contributed by atoms with Crippen LogP contribution in [0, 0.1) is 10.1 Å². The molecule has 2 aromatic carbocycles. The molecule has 0 amide bonds. The molecule has 1 unspecified atom stereocenters. The summed E-state index contributed by atoms with van der Waals surface area (Å²) in [7, 11) is 0. The number of aliphatic hydroxyl groups excluding tert-OH is 1. The molecule has 110 valence electrons. The van der Waals surface area contributed by atoms with E-state index < -0.39 is 11.0 Å². The van der Waals surface area contributed by atoms with E-state index in [1.54, 1.807) is 30.3 Å². The monoisotopic (exact) mass is 326 g/mol. The summed E-state index contributed by atoms with van der Waals surface area (Å²) in [5.41, 5.74) is 1.29. The molecule has 0 aliphatic carbocycles. The second kappa shape index (κ2) is 6.76. The van der Waals surface area contributed by atoms with Crippen molar-refractivity contribution in [3.8, 4) is 0 Å². The minimum Gasteiger partial charge on any atom is -0.387 e. The Balaban J connectivity index is 2.00. The maximum absolute atomic E-state index is 10.5. The number of nitrogens with zero attached hydrogens (tertiary/aromatic N) is 1. The fourth-order valence-electron chi connectivity index (χ4n) is 1.80. The van der Waals surface area contributed by atoms with Gasteiger partial charge in [0.1, 0.15) is 0 Å². The van der Waals surface area contributed by atoms with E-state index in [0.29, 0.717) is 21.3 Å². The van der Waals surface area contributed by atoms with E-state index in [9.17, 15) is 15.2 Å². The number of hydrogen-bond donors (Lipinski definition) is 2. The standard InChI is InChI=1S/C14H12Cl2N2O3/c15-10-5-9(6-11(16)7-10)14(19)8-17-12-1-3-13(4-2-12)18(20)21/h1-7,14,17,19H,8H2. The molecule has 7 heteroatoms. The van der Waals surface area contributed by atoms with Crippen molar-refractivity contribution in [2.24, 2.45) is 0 Å². The molecule has 0 fully saturated rings. The predicted octanol–water partition coefficient (Wildman–Crippen LogP) is 4.05. The number of nitro groups is 1. The van der Waals surface area contributed by atoms with Gasteiger partial charge in [-0.05, 0) is 35.9 Å². The van der Waals surface area contributed by atoms with Gasteiger partial charge in [0.05, 0.1) is 11.0 Å². The molecule has 0 aromatic heterocycles. The Morgan fingerprint density at radius 3 is 2.24 bits per heavy atom. The first-order valence-corrected chi connectivity index (χ1v) is 6.83. The van der Waals surface area contributed by atoms with Crippen LogP contribution in [0.4, 0.5) is 11.4 Å². The summed E-state index contributed by atoms with van der Waals surface area (Å²) in [6.07, 6.45) is -0.795. The van der Waals surface area contributed by atoms with Crippen molar-refractivity contribution < 1.29 is 10.0 Å². The lowest BCUT2D eigenvalue weighted by molar-refractivity contribution is -0.384. The summed E-state index contributed by atoms with van der Waals surface area (Å²) in [4.78, 5) is 10.1. The Morgan fingerprint density at radius 2 is 1.71 bits per heavy atom. The van der Waals surface area contributed by atoms with Gasteiger partial charge in [0.25, 0.3) is 5.69 Å². The zero-order valence-corrected chi connectivity index (χ0v) is 12.3. The number of nitro benzene ring substituents is 1. The first kappa shape index (κ1) is 15.6. The van der Waals surface area contributed by atoms with Gasteiger partial charge >= 0.3 is 0 Å². The fraction of sp³-hybridized carbons (Fsp3) is 0.143. The maximum atomic E-state index is 10.5. The molecule has 5 nitrogen and oxygen atoms in total. The van der Waals surface area contributed by atoms with Crippen LogP contribution in [0.3, 0.4) is 0 Å². The third kappa shape index (κ3) is 4.32. The summed E-state index contributed by atoms with van der Waals surface area (Å²) in [6, 6.07) is 10.8. The van der Waals surface area contributed by atoms with Crippen LogP contribution in [0.5, 0.6) is 0 Å². The van der Waals surface area contributed by atoms with E-state index in [1.165, 1.54) is 12.1 Å². The lowest BCUT2D eigenvalue weighted by atomic mass is 10.1. The van der Waals surface area contributed by atoms with Crippen molar-refractivity contribution in [3.05, 3.63) is 68.2 Å². The molecular weight excluding hydrogens is 315 g/mol. The Morgan fingerprint density at radius 1 is 1.14 bits per heavy atom. The zero-order valence-electron chi connectivity index (χ0n) is 10.8. The fourth-order valence-corrected chi connectivity index (χ4v) is 2.34. The van der Waals surface area contributed by atoms with Crippen LogP contribution in [-0.4, -0.2) is 16.6 Å². The number of nitrogens with one attached hydrogen (secondary N) is 1. The quantitative estimate of drug-likeness (QED) is 0.642. The Labute approximate surface area is 131 Å². The van der Waals surface area contributed by atoms with Crippen molar-refractivity contribution in [3.63, 3.8) is 0 Å². The molecule has 0 bridgehead atoms. The van der Waals surface area contributed by atoms with Gasteiger partial charge in [-0.15, -0.1) is 0 Å². The van der Waals surface area contributed by atoms with Crippen molar-refractivity contribution in [1.82, 2.24) is 0 Å². The summed E-state index contributed by atoms with van der Waals surface area (Å²) < 4.78 is 0. The molecule has 2 aromatic rings. The molecule has 0 saturated carbocycles. The molecule has 0 radical (unpaired) electrons. The second-order valence-corrected chi connectivity index (χ2v) is 5.28. The molecular formula is C14H12Cl2N2O3. The number of hydrogen-bond acceptors (Lipinski definition) is 4. The molecule has 0 saturated heterocycles. The van der Waals surface area contributed by atoms with Crippen LogP contribution >= 0.6 is 23.2 Å². The first-order valence-electron chi connectivity index (χ1n) is 6.08. The summed E-state index contributed by atoms with van der Waals surface area (Å²) in [5.74, 6) is 0. The van der Waals surface area contributed by atoms with E-state index in [2.05, 4.69) is 5.32 Å². The third-order valence-corrected chi connectivity index (χ3v) is 3.28. The van der Waals surface area contributed by atoms with Gasteiger partial charge < -0.3 is 10.4 Å². The van der Waals surface area contributed by atoms with Crippen LogP contribution in [-0.2, 0) is 0 Å². The highest BCUT2D eigenvalue weighted by Gasteiger charge is 2.10. The minimum absolute atomic E-state index is 0.0164. The average Bonchev–Trinajstić information content (AvgIpc) is 2.44. The number of non-ortho nitro benzene ring substituents is 1. The van der Waals surface area contributed by atoms with E-state index in [4.69, 9.17) is 23.2 Å². The third-order valence-electron chi connectivity index (χ3n) is 2.85. The van der Waals surface area contributed by atoms with Crippen molar-refractivity contribution in [1.29, 1.82) is 0 Å². The molecule has 2 rings (SSSR count). The highest BCUT2D eigenvalue weighted by atomic mass is 35.5. The van der Waals surface area contributed by atoms with Gasteiger partial charge in [-0.25, -0.2) is 0 Å². The molecule has 0 aliphatic rings. The van der Waals surface area contributed by atoms with Gasteiger partial charge in [0.15, 0.2) is 0 Å². The van der Waals surface area contributed by atoms with Crippen molar-refractivity contribution in [2.75, 3.05) is 11.9 Å². The van der Waals surface area contributed by atoms with Crippen LogP contribution in [0.2, 0.25) is 10.0 Å². The normalized spacial score (nSPS) is 12.0. The zero-order chi connectivity index (χ0) is 15.4. The molecule has 0 aliphatic heterocycles. The number of anilines is 1. The predicted molar refractivity (Wildman–Crippen MR) is 83.0 cm³/mol. The number of halogens is 2. The lowest BCUT2D eigenvalue weighted by Crippen LogP contribution is -2.12. The second-order valence-electron chi connectivity index (χ2n) is 4.40. The van der Waals surface area contributed by atoms with E-state index in [-0.39, 0.29) is 12.2 Å². The van der Waals surface area contributed by atoms with Gasteiger partial charge in [-0.3, -0.25) is 10.1 Å².